The van der Waals surface area contributed by atoms with Gasteiger partial charge in [-0.1, -0.05) is 0 Å². The Morgan fingerprint density at radius 1 is 1.56 bits per heavy atom. The van der Waals surface area contributed by atoms with E-state index in [0.29, 0.717) is 19.6 Å². The third-order valence-corrected chi connectivity index (χ3v) is 3.08. The van der Waals surface area contributed by atoms with Gasteiger partial charge in [0.05, 0.1) is 11.9 Å². The molecule has 0 amide bonds. The molecule has 0 saturated carbocycles. The Kier molecular flexibility index (Phi) is 1.77. The van der Waals surface area contributed by atoms with Crippen LogP contribution in [0.15, 0.2) is 0 Å². The van der Waals surface area contributed by atoms with E-state index in [4.69, 9.17) is 4.74 Å². The second kappa shape index (κ2) is 2.27. The van der Waals surface area contributed by atoms with Crippen molar-refractivity contribution in [2.24, 2.45) is 0 Å². The van der Waals surface area contributed by atoms with Crippen LogP contribution in [0.1, 0.15) is 6.42 Å². The Hall–Kier alpha value is -0.0900. The van der Waals surface area contributed by atoms with Crippen LogP contribution < -0.4 is 0 Å². The van der Waals surface area contributed by atoms with Crippen molar-refractivity contribution in [3.05, 3.63) is 0 Å². The highest BCUT2D eigenvalue weighted by Crippen LogP contribution is 2.11. The number of hydrogen-bond donors (Lipinski definition) is 0. The third-order valence-electron chi connectivity index (χ3n) is 1.49. The van der Waals surface area contributed by atoms with Gasteiger partial charge in [-0.05, 0) is 6.42 Å². The molecule has 1 heterocycles. The van der Waals surface area contributed by atoms with Crippen LogP contribution in [0.25, 0.3) is 0 Å². The molecule has 0 aliphatic carbocycles. The minimum atomic E-state index is -2.83. The summed E-state index contributed by atoms with van der Waals surface area (Å²) in [6.07, 6.45) is 1.92. The molecular weight excluding hydrogens is 140 g/mol. The average molecular weight is 150 g/mol. The first-order chi connectivity index (χ1) is 4.11. The summed E-state index contributed by atoms with van der Waals surface area (Å²) in [5, 5.41) is -0.238. The van der Waals surface area contributed by atoms with E-state index < -0.39 is 9.84 Å². The first-order valence-corrected chi connectivity index (χ1v) is 4.83. The maximum Gasteiger partial charge on any atom is 0.152 e. The van der Waals surface area contributed by atoms with Gasteiger partial charge in [0.2, 0.25) is 0 Å². The molecule has 0 spiro atoms. The Balaban J connectivity index is 2.63. The summed E-state index contributed by atoms with van der Waals surface area (Å²) in [6, 6.07) is 0. The zero-order valence-electron chi connectivity index (χ0n) is 5.33. The van der Waals surface area contributed by atoms with Gasteiger partial charge in [-0.2, -0.15) is 0 Å². The molecule has 0 N–H and O–H groups in total. The zero-order valence-corrected chi connectivity index (χ0v) is 6.15. The second-order valence-corrected chi connectivity index (χ2v) is 4.64. The molecule has 54 valence electrons. The summed E-state index contributed by atoms with van der Waals surface area (Å²) in [6.45, 7) is 0.983. The van der Waals surface area contributed by atoms with Crippen molar-refractivity contribution in [2.75, 3.05) is 19.5 Å². The van der Waals surface area contributed by atoms with Gasteiger partial charge in [0.1, 0.15) is 0 Å². The predicted octanol–water partition coefficient (Wildman–Crippen LogP) is -0.180. The van der Waals surface area contributed by atoms with Crippen LogP contribution >= 0.6 is 0 Å². The van der Waals surface area contributed by atoms with Gasteiger partial charge in [-0.25, -0.2) is 8.42 Å². The Morgan fingerprint density at radius 2 is 2.22 bits per heavy atom. The van der Waals surface area contributed by atoms with Crippen molar-refractivity contribution in [3.8, 4) is 0 Å². The first kappa shape index (κ1) is 7.02. The summed E-state index contributed by atoms with van der Waals surface area (Å²) in [5.41, 5.74) is 0. The van der Waals surface area contributed by atoms with E-state index in [0.717, 1.165) is 0 Å². The van der Waals surface area contributed by atoms with Crippen LogP contribution in [0, 0.1) is 0 Å². The predicted molar refractivity (Wildman–Crippen MR) is 34.1 cm³/mol. The summed E-state index contributed by atoms with van der Waals surface area (Å²) >= 11 is 0. The molecule has 0 aromatic rings. The molecule has 1 saturated heterocycles. The van der Waals surface area contributed by atoms with Crippen LogP contribution in [0.4, 0.5) is 0 Å². The van der Waals surface area contributed by atoms with Crippen molar-refractivity contribution in [1.29, 1.82) is 0 Å². The molecule has 9 heavy (non-hydrogen) atoms. The highest BCUT2D eigenvalue weighted by molar-refractivity contribution is 7.91. The van der Waals surface area contributed by atoms with Crippen LogP contribution in [-0.2, 0) is 14.6 Å². The zero-order chi connectivity index (χ0) is 6.91. The van der Waals surface area contributed by atoms with E-state index in [9.17, 15) is 8.42 Å². The molecule has 0 radical (unpaired) electrons. The fourth-order valence-electron chi connectivity index (χ4n) is 0.851. The fraction of sp³-hybridized carbons (Fsp3) is 1.00. The minimum absolute atomic E-state index is 0.238. The van der Waals surface area contributed by atoms with E-state index in [1.54, 1.807) is 0 Å². The van der Waals surface area contributed by atoms with Gasteiger partial charge in [0, 0.05) is 12.9 Å². The van der Waals surface area contributed by atoms with Crippen molar-refractivity contribution < 1.29 is 13.2 Å². The standard InChI is InChI=1S/C5H10O3S/c1-9(6,7)5-2-3-8-4-5/h5H,2-4H2,1H3. The summed E-state index contributed by atoms with van der Waals surface area (Å²) < 4.78 is 26.4. The van der Waals surface area contributed by atoms with Crippen LogP contribution in [0.2, 0.25) is 0 Å². The van der Waals surface area contributed by atoms with Crippen molar-refractivity contribution >= 4 is 9.84 Å². The lowest BCUT2D eigenvalue weighted by atomic mass is 10.4. The molecule has 1 aliphatic rings. The highest BCUT2D eigenvalue weighted by atomic mass is 32.2. The third kappa shape index (κ3) is 1.66. The largest absolute Gasteiger partial charge is 0.380 e. The molecule has 4 heteroatoms. The number of sulfone groups is 1. The van der Waals surface area contributed by atoms with Gasteiger partial charge in [-0.15, -0.1) is 0 Å². The normalized spacial score (nSPS) is 28.8. The van der Waals surface area contributed by atoms with E-state index in [1.165, 1.54) is 6.26 Å². The number of ether oxygens (including phenoxy) is 1. The Labute approximate surface area is 54.9 Å². The quantitative estimate of drug-likeness (QED) is 0.521. The fourth-order valence-corrected chi connectivity index (χ4v) is 1.72. The Morgan fingerprint density at radius 3 is 2.44 bits per heavy atom. The molecule has 3 nitrogen and oxygen atoms in total. The Bertz CT molecular complexity index is 176. The van der Waals surface area contributed by atoms with E-state index in [2.05, 4.69) is 0 Å². The smallest absolute Gasteiger partial charge is 0.152 e. The van der Waals surface area contributed by atoms with Gasteiger partial charge in [0.15, 0.2) is 9.84 Å². The van der Waals surface area contributed by atoms with Crippen LogP contribution in [0.3, 0.4) is 0 Å². The molecule has 1 atom stereocenters. The van der Waals surface area contributed by atoms with E-state index in [1.807, 2.05) is 0 Å². The lowest BCUT2D eigenvalue weighted by Gasteiger charge is -2.01. The summed E-state index contributed by atoms with van der Waals surface area (Å²) in [5.74, 6) is 0. The second-order valence-electron chi connectivity index (χ2n) is 2.32. The van der Waals surface area contributed by atoms with E-state index >= 15 is 0 Å². The lowest BCUT2D eigenvalue weighted by Crippen LogP contribution is -2.19. The van der Waals surface area contributed by atoms with Gasteiger partial charge >= 0.3 is 0 Å². The monoisotopic (exact) mass is 150 g/mol. The number of hydrogen-bond acceptors (Lipinski definition) is 3. The van der Waals surface area contributed by atoms with Gasteiger partial charge in [0.25, 0.3) is 0 Å². The van der Waals surface area contributed by atoms with Crippen molar-refractivity contribution in [2.45, 2.75) is 11.7 Å². The topological polar surface area (TPSA) is 43.4 Å². The van der Waals surface area contributed by atoms with Crippen LogP contribution in [-0.4, -0.2) is 33.1 Å². The molecule has 1 fully saturated rings. The van der Waals surface area contributed by atoms with Crippen molar-refractivity contribution in [1.82, 2.24) is 0 Å². The molecule has 1 aliphatic heterocycles. The van der Waals surface area contributed by atoms with Crippen molar-refractivity contribution in [3.63, 3.8) is 0 Å². The molecule has 0 aromatic carbocycles. The maximum absolute atomic E-state index is 10.8. The molecule has 0 aromatic heterocycles. The summed E-state index contributed by atoms with van der Waals surface area (Å²) in [7, 11) is -2.83. The molecular formula is C5H10O3S. The SMILES string of the molecule is CS(=O)(=O)C1CCOC1. The van der Waals surface area contributed by atoms with Gasteiger partial charge in [-0.3, -0.25) is 0 Å². The lowest BCUT2D eigenvalue weighted by molar-refractivity contribution is 0.198. The average Bonchev–Trinajstić information content (AvgIpc) is 2.08. The summed E-state index contributed by atoms with van der Waals surface area (Å²) in [4.78, 5) is 0. The highest BCUT2D eigenvalue weighted by Gasteiger charge is 2.24. The van der Waals surface area contributed by atoms with E-state index in [-0.39, 0.29) is 5.25 Å². The molecule has 1 unspecified atom stereocenters. The number of rotatable bonds is 1. The minimum Gasteiger partial charge on any atom is -0.380 e. The molecule has 0 bridgehead atoms. The molecule has 1 rings (SSSR count). The van der Waals surface area contributed by atoms with Crippen LogP contribution in [0.5, 0.6) is 0 Å². The maximum atomic E-state index is 10.8. The van der Waals surface area contributed by atoms with Gasteiger partial charge < -0.3 is 4.74 Å². The first-order valence-electron chi connectivity index (χ1n) is 2.87.